The molecule has 0 radical (unpaired) electrons. The van der Waals surface area contributed by atoms with Crippen LogP contribution in [0.2, 0.25) is 0 Å². The number of aliphatic hydroxyl groups is 1. The predicted molar refractivity (Wildman–Crippen MR) is 52.9 cm³/mol. The van der Waals surface area contributed by atoms with E-state index < -0.39 is 0 Å². The van der Waals surface area contributed by atoms with E-state index >= 15 is 0 Å². The summed E-state index contributed by atoms with van der Waals surface area (Å²) in [5.74, 6) is 0. The Kier molecular flexibility index (Phi) is 2.05. The molecule has 2 heterocycles. The SMILES string of the molecule is Cn1c(CO)cc(=O)c2cnccc21. The summed E-state index contributed by atoms with van der Waals surface area (Å²) in [6.07, 6.45) is 3.17. The van der Waals surface area contributed by atoms with Gasteiger partial charge >= 0.3 is 0 Å². The minimum absolute atomic E-state index is 0.102. The molecular weight excluding hydrogens is 180 g/mol. The van der Waals surface area contributed by atoms with Gasteiger partial charge in [0.2, 0.25) is 0 Å². The zero-order valence-corrected chi connectivity index (χ0v) is 7.77. The largest absolute Gasteiger partial charge is 0.390 e. The van der Waals surface area contributed by atoms with Crippen molar-refractivity contribution in [3.8, 4) is 0 Å². The van der Waals surface area contributed by atoms with Gasteiger partial charge in [0.25, 0.3) is 0 Å². The van der Waals surface area contributed by atoms with Crippen molar-refractivity contribution in [2.45, 2.75) is 6.61 Å². The van der Waals surface area contributed by atoms with Gasteiger partial charge in [-0.05, 0) is 6.07 Å². The fourth-order valence-electron chi connectivity index (χ4n) is 1.50. The average Bonchev–Trinajstić information content (AvgIpc) is 2.23. The fraction of sp³-hybridized carbons (Fsp3) is 0.200. The molecule has 0 aromatic carbocycles. The molecule has 0 saturated carbocycles. The Morgan fingerprint density at radius 3 is 3.07 bits per heavy atom. The summed E-state index contributed by atoms with van der Waals surface area (Å²) in [4.78, 5) is 15.4. The van der Waals surface area contributed by atoms with Crippen LogP contribution in [0.25, 0.3) is 10.9 Å². The molecular formula is C10H10N2O2. The van der Waals surface area contributed by atoms with Crippen molar-refractivity contribution in [2.75, 3.05) is 0 Å². The Bertz CT molecular complexity index is 531. The summed E-state index contributed by atoms with van der Waals surface area (Å²) in [6.45, 7) is -0.135. The van der Waals surface area contributed by atoms with Crippen LogP contribution >= 0.6 is 0 Å². The van der Waals surface area contributed by atoms with E-state index in [0.29, 0.717) is 11.1 Å². The molecule has 4 nitrogen and oxygen atoms in total. The third kappa shape index (κ3) is 1.20. The van der Waals surface area contributed by atoms with Gasteiger partial charge in [-0.1, -0.05) is 0 Å². The van der Waals surface area contributed by atoms with Gasteiger partial charge in [-0.2, -0.15) is 0 Å². The van der Waals surface area contributed by atoms with Crippen LogP contribution in [0.3, 0.4) is 0 Å². The van der Waals surface area contributed by atoms with Crippen molar-refractivity contribution >= 4 is 10.9 Å². The van der Waals surface area contributed by atoms with E-state index in [1.165, 1.54) is 6.07 Å². The Hall–Kier alpha value is -1.68. The standard InChI is InChI=1S/C10H10N2O2/c1-12-7(6-13)4-10(14)8-5-11-3-2-9(8)12/h2-5,13H,6H2,1H3. The molecule has 0 aliphatic carbocycles. The normalized spacial score (nSPS) is 10.7. The summed E-state index contributed by atoms with van der Waals surface area (Å²) in [7, 11) is 1.81. The zero-order valence-electron chi connectivity index (χ0n) is 7.77. The maximum Gasteiger partial charge on any atom is 0.191 e. The number of aliphatic hydroxyl groups excluding tert-OH is 1. The Morgan fingerprint density at radius 2 is 2.36 bits per heavy atom. The highest BCUT2D eigenvalue weighted by Crippen LogP contribution is 2.09. The molecule has 2 aromatic rings. The highest BCUT2D eigenvalue weighted by atomic mass is 16.3. The quantitative estimate of drug-likeness (QED) is 0.709. The summed E-state index contributed by atoms with van der Waals surface area (Å²) in [5, 5.41) is 9.60. The average molecular weight is 190 g/mol. The van der Waals surface area contributed by atoms with Crippen molar-refractivity contribution in [3.05, 3.63) is 40.4 Å². The van der Waals surface area contributed by atoms with Gasteiger partial charge in [0.1, 0.15) is 0 Å². The number of rotatable bonds is 1. The van der Waals surface area contributed by atoms with Crippen LogP contribution in [0.4, 0.5) is 0 Å². The maximum absolute atomic E-state index is 11.5. The zero-order chi connectivity index (χ0) is 10.1. The van der Waals surface area contributed by atoms with Crippen LogP contribution in [-0.2, 0) is 13.7 Å². The fourth-order valence-corrected chi connectivity index (χ4v) is 1.50. The van der Waals surface area contributed by atoms with Crippen molar-refractivity contribution in [1.29, 1.82) is 0 Å². The molecule has 1 N–H and O–H groups in total. The lowest BCUT2D eigenvalue weighted by molar-refractivity contribution is 0.272. The van der Waals surface area contributed by atoms with E-state index in [4.69, 9.17) is 5.11 Å². The second-order valence-electron chi connectivity index (χ2n) is 3.11. The van der Waals surface area contributed by atoms with Gasteiger partial charge in [-0.25, -0.2) is 0 Å². The van der Waals surface area contributed by atoms with Crippen molar-refractivity contribution < 1.29 is 5.11 Å². The topological polar surface area (TPSA) is 55.1 Å². The molecule has 0 aliphatic rings. The molecule has 2 rings (SSSR count). The third-order valence-corrected chi connectivity index (χ3v) is 2.32. The first-order valence-electron chi connectivity index (χ1n) is 4.27. The Morgan fingerprint density at radius 1 is 1.57 bits per heavy atom. The van der Waals surface area contributed by atoms with E-state index in [9.17, 15) is 4.79 Å². The third-order valence-electron chi connectivity index (χ3n) is 2.32. The van der Waals surface area contributed by atoms with Gasteiger partial charge in [0.05, 0.1) is 17.5 Å². The van der Waals surface area contributed by atoms with Gasteiger partial charge in [-0.15, -0.1) is 0 Å². The minimum atomic E-state index is -0.135. The maximum atomic E-state index is 11.5. The second kappa shape index (κ2) is 3.23. The molecule has 0 bridgehead atoms. The van der Waals surface area contributed by atoms with Crippen molar-refractivity contribution in [2.24, 2.45) is 7.05 Å². The first-order valence-corrected chi connectivity index (χ1v) is 4.27. The minimum Gasteiger partial charge on any atom is -0.390 e. The van der Waals surface area contributed by atoms with E-state index in [-0.39, 0.29) is 12.0 Å². The van der Waals surface area contributed by atoms with Gasteiger partial charge in [-0.3, -0.25) is 9.78 Å². The molecule has 0 amide bonds. The number of fused-ring (bicyclic) bond motifs is 1. The Balaban J connectivity index is 2.95. The van der Waals surface area contributed by atoms with E-state index in [2.05, 4.69) is 4.98 Å². The van der Waals surface area contributed by atoms with Gasteiger partial charge in [0.15, 0.2) is 5.43 Å². The van der Waals surface area contributed by atoms with E-state index in [1.807, 2.05) is 7.05 Å². The van der Waals surface area contributed by atoms with Crippen LogP contribution in [0.15, 0.2) is 29.3 Å². The Labute approximate surface area is 80.4 Å². The van der Waals surface area contributed by atoms with Crippen LogP contribution in [0.5, 0.6) is 0 Å². The molecule has 4 heteroatoms. The van der Waals surface area contributed by atoms with Crippen LogP contribution in [0, 0.1) is 0 Å². The lowest BCUT2D eigenvalue weighted by Crippen LogP contribution is -2.11. The van der Waals surface area contributed by atoms with E-state index in [1.54, 1.807) is 23.0 Å². The number of hydrogen-bond acceptors (Lipinski definition) is 3. The number of aromatic nitrogens is 2. The number of hydrogen-bond donors (Lipinski definition) is 1. The van der Waals surface area contributed by atoms with Crippen LogP contribution in [-0.4, -0.2) is 14.7 Å². The van der Waals surface area contributed by atoms with Crippen molar-refractivity contribution in [3.63, 3.8) is 0 Å². The highest BCUT2D eigenvalue weighted by molar-refractivity contribution is 5.77. The van der Waals surface area contributed by atoms with Gasteiger partial charge < -0.3 is 9.67 Å². The van der Waals surface area contributed by atoms with Gasteiger partial charge in [0, 0.05) is 31.2 Å². The number of aryl methyl sites for hydroxylation is 1. The molecule has 72 valence electrons. The smallest absolute Gasteiger partial charge is 0.191 e. The predicted octanol–water partition coefficient (Wildman–Crippen LogP) is 0.426. The van der Waals surface area contributed by atoms with Crippen molar-refractivity contribution in [1.82, 2.24) is 9.55 Å². The summed E-state index contributed by atoms with van der Waals surface area (Å²) < 4.78 is 1.79. The first kappa shape index (κ1) is 8.90. The summed E-state index contributed by atoms with van der Waals surface area (Å²) >= 11 is 0. The number of pyridine rings is 2. The molecule has 0 aliphatic heterocycles. The number of nitrogens with zero attached hydrogens (tertiary/aromatic N) is 2. The monoisotopic (exact) mass is 190 g/mol. The molecule has 0 unspecified atom stereocenters. The molecule has 14 heavy (non-hydrogen) atoms. The second-order valence-corrected chi connectivity index (χ2v) is 3.11. The molecule has 2 aromatic heterocycles. The molecule has 0 spiro atoms. The highest BCUT2D eigenvalue weighted by Gasteiger charge is 2.04. The summed E-state index contributed by atoms with van der Waals surface area (Å²) in [6, 6.07) is 3.19. The first-order chi connectivity index (χ1) is 6.74. The molecule has 0 saturated heterocycles. The van der Waals surface area contributed by atoms with Crippen LogP contribution < -0.4 is 5.43 Å². The lowest BCUT2D eigenvalue weighted by atomic mass is 10.2. The lowest BCUT2D eigenvalue weighted by Gasteiger charge is -2.09. The van der Waals surface area contributed by atoms with Crippen LogP contribution in [0.1, 0.15) is 5.69 Å². The summed E-state index contributed by atoms with van der Waals surface area (Å²) in [5.41, 5.74) is 1.29. The molecule has 0 atom stereocenters. The van der Waals surface area contributed by atoms with E-state index in [0.717, 1.165) is 5.52 Å². The molecule has 0 fully saturated rings.